The van der Waals surface area contributed by atoms with Gasteiger partial charge in [0, 0.05) is 31.0 Å². The number of hydrogen-bond acceptors (Lipinski definition) is 4. The van der Waals surface area contributed by atoms with Crippen LogP contribution in [0.25, 0.3) is 0 Å². The van der Waals surface area contributed by atoms with Gasteiger partial charge in [0.2, 0.25) is 0 Å². The molecule has 4 rings (SSSR count). The van der Waals surface area contributed by atoms with Gasteiger partial charge in [-0.1, -0.05) is 25.7 Å². The predicted molar refractivity (Wildman–Crippen MR) is 93.9 cm³/mol. The van der Waals surface area contributed by atoms with Crippen LogP contribution >= 0.6 is 0 Å². The number of anilines is 1. The van der Waals surface area contributed by atoms with Crippen molar-refractivity contribution in [2.45, 2.75) is 82.1 Å². The largest absolute Gasteiger partial charge is 0.369 e. The molecule has 4 nitrogen and oxygen atoms in total. The minimum Gasteiger partial charge on any atom is -0.369 e. The Kier molecular flexibility index (Phi) is 4.52. The third-order valence-electron chi connectivity index (χ3n) is 6.16. The summed E-state index contributed by atoms with van der Waals surface area (Å²) in [7, 11) is 0. The van der Waals surface area contributed by atoms with Gasteiger partial charge < -0.3 is 10.6 Å². The van der Waals surface area contributed by atoms with E-state index in [9.17, 15) is 0 Å². The summed E-state index contributed by atoms with van der Waals surface area (Å²) >= 11 is 0. The van der Waals surface area contributed by atoms with Crippen molar-refractivity contribution in [2.75, 3.05) is 18.0 Å². The van der Waals surface area contributed by atoms with E-state index in [4.69, 9.17) is 15.7 Å². The van der Waals surface area contributed by atoms with E-state index in [0.717, 1.165) is 31.8 Å². The van der Waals surface area contributed by atoms with Crippen molar-refractivity contribution in [1.29, 1.82) is 0 Å². The summed E-state index contributed by atoms with van der Waals surface area (Å²) < 4.78 is 0. The van der Waals surface area contributed by atoms with Gasteiger partial charge in [-0.3, -0.25) is 0 Å². The smallest absolute Gasteiger partial charge is 0.131 e. The van der Waals surface area contributed by atoms with Crippen LogP contribution in [-0.2, 0) is 0 Å². The van der Waals surface area contributed by atoms with Crippen molar-refractivity contribution in [3.05, 3.63) is 17.7 Å². The van der Waals surface area contributed by atoms with Crippen LogP contribution in [0.3, 0.4) is 0 Å². The first kappa shape index (κ1) is 15.4. The van der Waals surface area contributed by atoms with Gasteiger partial charge in [-0.25, -0.2) is 9.97 Å². The van der Waals surface area contributed by atoms with Crippen LogP contribution in [0.4, 0.5) is 5.69 Å². The van der Waals surface area contributed by atoms with Gasteiger partial charge in [-0.05, 0) is 38.5 Å². The predicted octanol–water partition coefficient (Wildman–Crippen LogP) is 3.72. The van der Waals surface area contributed by atoms with Crippen LogP contribution < -0.4 is 10.6 Å². The fourth-order valence-electron chi connectivity index (χ4n) is 4.67. The molecule has 2 heterocycles. The molecule has 0 spiro atoms. The van der Waals surface area contributed by atoms with E-state index in [2.05, 4.69) is 11.1 Å². The summed E-state index contributed by atoms with van der Waals surface area (Å²) in [5, 5.41) is 0. The van der Waals surface area contributed by atoms with Gasteiger partial charge >= 0.3 is 0 Å². The SMILES string of the molecule is NC1CCN(c2cnc(C3CCCC3)nc2C2CCCC2)CC1. The van der Waals surface area contributed by atoms with Gasteiger partial charge in [0.25, 0.3) is 0 Å². The van der Waals surface area contributed by atoms with Gasteiger partial charge in [0.1, 0.15) is 5.82 Å². The number of piperidine rings is 1. The lowest BCUT2D eigenvalue weighted by molar-refractivity contribution is 0.497. The lowest BCUT2D eigenvalue weighted by Gasteiger charge is -2.33. The van der Waals surface area contributed by atoms with E-state index >= 15 is 0 Å². The minimum atomic E-state index is 0.375. The fraction of sp³-hybridized carbons (Fsp3) is 0.789. The highest BCUT2D eigenvalue weighted by Gasteiger charge is 2.28. The molecule has 0 aromatic carbocycles. The number of nitrogens with two attached hydrogens (primary N) is 1. The molecule has 2 saturated carbocycles. The maximum atomic E-state index is 6.08. The monoisotopic (exact) mass is 314 g/mol. The summed E-state index contributed by atoms with van der Waals surface area (Å²) in [4.78, 5) is 12.4. The molecule has 0 bridgehead atoms. The molecule has 0 unspecified atom stereocenters. The number of hydrogen-bond donors (Lipinski definition) is 1. The first-order valence-corrected chi connectivity index (χ1v) is 9.68. The molecular weight excluding hydrogens is 284 g/mol. The Morgan fingerprint density at radius 1 is 0.870 bits per heavy atom. The molecule has 3 fully saturated rings. The Balaban J connectivity index is 1.63. The van der Waals surface area contributed by atoms with Crippen molar-refractivity contribution < 1.29 is 0 Å². The summed E-state index contributed by atoms with van der Waals surface area (Å²) in [6.07, 6.45) is 14.9. The topological polar surface area (TPSA) is 55.0 Å². The number of aromatic nitrogens is 2. The molecule has 1 aromatic heterocycles. The maximum absolute atomic E-state index is 6.08. The highest BCUT2D eigenvalue weighted by atomic mass is 15.2. The van der Waals surface area contributed by atoms with E-state index in [1.807, 2.05) is 0 Å². The normalized spacial score (nSPS) is 24.7. The quantitative estimate of drug-likeness (QED) is 0.924. The highest BCUT2D eigenvalue weighted by molar-refractivity contribution is 5.51. The lowest BCUT2D eigenvalue weighted by Crippen LogP contribution is -2.40. The zero-order valence-corrected chi connectivity index (χ0v) is 14.2. The van der Waals surface area contributed by atoms with Crippen molar-refractivity contribution in [1.82, 2.24) is 9.97 Å². The van der Waals surface area contributed by atoms with E-state index in [1.165, 1.54) is 62.7 Å². The molecule has 23 heavy (non-hydrogen) atoms. The maximum Gasteiger partial charge on any atom is 0.131 e. The van der Waals surface area contributed by atoms with Gasteiger partial charge in [-0.2, -0.15) is 0 Å². The summed E-state index contributed by atoms with van der Waals surface area (Å²) in [6.45, 7) is 2.13. The molecular formula is C19H30N4. The highest BCUT2D eigenvalue weighted by Crippen LogP contribution is 2.40. The van der Waals surface area contributed by atoms with Crippen LogP contribution in [0, 0.1) is 0 Å². The Morgan fingerprint density at radius 3 is 2.13 bits per heavy atom. The fourth-order valence-corrected chi connectivity index (χ4v) is 4.67. The zero-order valence-electron chi connectivity index (χ0n) is 14.2. The van der Waals surface area contributed by atoms with Gasteiger partial charge in [0.15, 0.2) is 0 Å². The van der Waals surface area contributed by atoms with Crippen LogP contribution in [0.2, 0.25) is 0 Å². The number of rotatable bonds is 3. The van der Waals surface area contributed by atoms with E-state index in [1.54, 1.807) is 0 Å². The molecule has 0 amide bonds. The molecule has 1 aromatic rings. The molecule has 1 saturated heterocycles. The average Bonchev–Trinajstić information content (AvgIpc) is 3.29. The molecule has 126 valence electrons. The molecule has 0 radical (unpaired) electrons. The van der Waals surface area contributed by atoms with Crippen LogP contribution in [0.1, 0.15) is 87.6 Å². The van der Waals surface area contributed by atoms with E-state index < -0.39 is 0 Å². The van der Waals surface area contributed by atoms with Crippen molar-refractivity contribution in [2.24, 2.45) is 5.73 Å². The second-order valence-corrected chi connectivity index (χ2v) is 7.79. The Bertz CT molecular complexity index is 524. The minimum absolute atomic E-state index is 0.375. The van der Waals surface area contributed by atoms with Crippen molar-refractivity contribution >= 4 is 5.69 Å². The number of nitrogens with zero attached hydrogens (tertiary/aromatic N) is 3. The Morgan fingerprint density at radius 2 is 1.48 bits per heavy atom. The molecule has 2 aliphatic carbocycles. The van der Waals surface area contributed by atoms with Gasteiger partial charge in [-0.15, -0.1) is 0 Å². The second kappa shape index (κ2) is 6.76. The molecule has 1 aliphatic heterocycles. The second-order valence-electron chi connectivity index (χ2n) is 7.79. The standard InChI is InChI=1S/C19H30N4/c20-16-9-11-23(12-10-16)17-13-21-19(15-7-3-4-8-15)22-18(17)14-5-1-2-6-14/h13-16H,1-12,20H2. The third kappa shape index (κ3) is 3.23. The molecule has 3 aliphatic rings. The van der Waals surface area contributed by atoms with Crippen molar-refractivity contribution in [3.63, 3.8) is 0 Å². The first-order valence-electron chi connectivity index (χ1n) is 9.68. The lowest BCUT2D eigenvalue weighted by atomic mass is 9.98. The first-order chi connectivity index (χ1) is 11.3. The molecule has 0 atom stereocenters. The zero-order chi connectivity index (χ0) is 15.6. The summed E-state index contributed by atoms with van der Waals surface area (Å²) in [5.41, 5.74) is 8.75. The average molecular weight is 314 g/mol. The Hall–Kier alpha value is -1.16. The van der Waals surface area contributed by atoms with Crippen LogP contribution in [0.15, 0.2) is 6.20 Å². The molecule has 4 heteroatoms. The van der Waals surface area contributed by atoms with Crippen LogP contribution in [-0.4, -0.2) is 29.1 Å². The van der Waals surface area contributed by atoms with E-state index in [-0.39, 0.29) is 0 Å². The summed E-state index contributed by atoms with van der Waals surface area (Å²) in [5.74, 6) is 2.39. The van der Waals surface area contributed by atoms with Crippen LogP contribution in [0.5, 0.6) is 0 Å². The van der Waals surface area contributed by atoms with Crippen molar-refractivity contribution in [3.8, 4) is 0 Å². The van der Waals surface area contributed by atoms with Gasteiger partial charge in [0.05, 0.1) is 17.6 Å². The molecule has 2 N–H and O–H groups in total. The summed E-state index contributed by atoms with van der Waals surface area (Å²) in [6, 6.07) is 0.375. The van der Waals surface area contributed by atoms with E-state index in [0.29, 0.717) is 17.9 Å². The third-order valence-corrected chi connectivity index (χ3v) is 6.16. The Labute approximate surface area is 139 Å².